The molecule has 0 aliphatic heterocycles. The molecule has 0 fully saturated rings. The predicted molar refractivity (Wildman–Crippen MR) is 157 cm³/mol. The zero-order valence-electron chi connectivity index (χ0n) is 23.5. The zero-order valence-corrected chi connectivity index (χ0v) is 24.3. The first-order chi connectivity index (χ1) is 19.3. The van der Waals surface area contributed by atoms with Gasteiger partial charge in [0.15, 0.2) is 0 Å². The minimum atomic E-state index is -0.892. The van der Waals surface area contributed by atoms with E-state index in [1.807, 2.05) is 38.1 Å². The van der Waals surface area contributed by atoms with Crippen LogP contribution in [-0.4, -0.2) is 25.2 Å². The van der Waals surface area contributed by atoms with E-state index in [1.54, 1.807) is 6.07 Å². The summed E-state index contributed by atoms with van der Waals surface area (Å²) in [5.74, 6) is -1.09. The van der Waals surface area contributed by atoms with Gasteiger partial charge in [-0.25, -0.2) is 14.0 Å². The summed E-state index contributed by atoms with van der Waals surface area (Å²) < 4.78 is 31.3. The van der Waals surface area contributed by atoms with Gasteiger partial charge in [-0.3, -0.25) is 0 Å². The van der Waals surface area contributed by atoms with E-state index in [0.717, 1.165) is 30.6 Å². The standard InChI is InChI=1S/C33H38ClFO5/c1-4-6-7-8-9-10-19-38-27-15-11-24(12-16-27)25-13-17-28(30(35)21-25)33(37)40-31-18-14-26(20-29(31)34)32(36)39-22-23(3)5-2/h11-18,20-21,23H,4-10,19,22H2,1-3H3. The fraction of sp³-hybridized carbons (Fsp3) is 0.394. The van der Waals surface area contributed by atoms with Crippen LogP contribution in [0.3, 0.4) is 0 Å². The highest BCUT2D eigenvalue weighted by Gasteiger charge is 2.18. The van der Waals surface area contributed by atoms with E-state index in [1.165, 1.54) is 56.0 Å². The van der Waals surface area contributed by atoms with Gasteiger partial charge in [-0.05, 0) is 65.9 Å². The monoisotopic (exact) mass is 568 g/mol. The molecule has 0 saturated carbocycles. The van der Waals surface area contributed by atoms with E-state index in [9.17, 15) is 14.0 Å². The lowest BCUT2D eigenvalue weighted by Gasteiger charge is -2.11. The number of esters is 2. The maximum Gasteiger partial charge on any atom is 0.346 e. The van der Waals surface area contributed by atoms with E-state index >= 15 is 0 Å². The molecule has 3 rings (SSSR count). The van der Waals surface area contributed by atoms with Gasteiger partial charge in [0.05, 0.1) is 29.4 Å². The van der Waals surface area contributed by atoms with Crippen LogP contribution in [-0.2, 0) is 4.74 Å². The van der Waals surface area contributed by atoms with Gasteiger partial charge in [0.2, 0.25) is 0 Å². The molecule has 40 heavy (non-hydrogen) atoms. The Bertz CT molecular complexity index is 1260. The molecule has 0 N–H and O–H groups in total. The second-order valence-electron chi connectivity index (χ2n) is 9.98. The predicted octanol–water partition coefficient (Wildman–Crippen LogP) is 9.31. The number of hydrogen-bond acceptors (Lipinski definition) is 5. The van der Waals surface area contributed by atoms with Gasteiger partial charge in [-0.1, -0.05) is 89.1 Å². The third-order valence-corrected chi connectivity index (χ3v) is 7.00. The molecule has 7 heteroatoms. The van der Waals surface area contributed by atoms with Gasteiger partial charge in [0.25, 0.3) is 0 Å². The van der Waals surface area contributed by atoms with Crippen molar-refractivity contribution >= 4 is 23.5 Å². The molecular formula is C33H38ClFO5. The smallest absolute Gasteiger partial charge is 0.346 e. The van der Waals surface area contributed by atoms with E-state index in [0.29, 0.717) is 18.8 Å². The van der Waals surface area contributed by atoms with Crippen LogP contribution in [0.1, 0.15) is 86.4 Å². The van der Waals surface area contributed by atoms with Crippen LogP contribution in [0.15, 0.2) is 60.7 Å². The second-order valence-corrected chi connectivity index (χ2v) is 10.4. The number of benzene rings is 3. The molecule has 3 aromatic rings. The Morgan fingerprint density at radius 1 is 0.850 bits per heavy atom. The molecule has 0 radical (unpaired) electrons. The Morgan fingerprint density at radius 3 is 2.23 bits per heavy atom. The summed E-state index contributed by atoms with van der Waals surface area (Å²) in [7, 11) is 0. The molecule has 0 aromatic heterocycles. The summed E-state index contributed by atoms with van der Waals surface area (Å²) in [6, 6.07) is 16.0. The van der Waals surface area contributed by atoms with Crippen LogP contribution in [0.2, 0.25) is 5.02 Å². The Morgan fingerprint density at radius 2 is 1.55 bits per heavy atom. The lowest BCUT2D eigenvalue weighted by Crippen LogP contribution is -2.13. The van der Waals surface area contributed by atoms with Gasteiger partial charge in [0.1, 0.15) is 17.3 Å². The van der Waals surface area contributed by atoms with Crippen LogP contribution in [0.25, 0.3) is 11.1 Å². The van der Waals surface area contributed by atoms with Gasteiger partial charge in [-0.15, -0.1) is 0 Å². The molecular weight excluding hydrogens is 531 g/mol. The van der Waals surface area contributed by atoms with Crippen molar-refractivity contribution in [2.75, 3.05) is 13.2 Å². The SMILES string of the molecule is CCCCCCCCOc1ccc(-c2ccc(C(=O)Oc3ccc(C(=O)OCC(C)CC)cc3Cl)c(F)c2)cc1. The van der Waals surface area contributed by atoms with Gasteiger partial charge in [0, 0.05) is 0 Å². The molecule has 1 unspecified atom stereocenters. The largest absolute Gasteiger partial charge is 0.494 e. The molecule has 0 aliphatic rings. The Balaban J connectivity index is 1.56. The first kappa shape index (κ1) is 31.2. The quantitative estimate of drug-likeness (QED) is 0.104. The van der Waals surface area contributed by atoms with Crippen molar-refractivity contribution in [1.29, 1.82) is 0 Å². The number of ether oxygens (including phenoxy) is 3. The summed E-state index contributed by atoms with van der Waals surface area (Å²) in [6.07, 6.45) is 8.11. The third-order valence-electron chi connectivity index (χ3n) is 6.71. The molecule has 3 aromatic carbocycles. The summed E-state index contributed by atoms with van der Waals surface area (Å²) in [5, 5.41) is 0.0437. The van der Waals surface area contributed by atoms with Crippen molar-refractivity contribution in [3.63, 3.8) is 0 Å². The molecule has 214 valence electrons. The van der Waals surface area contributed by atoms with E-state index in [2.05, 4.69) is 6.92 Å². The molecule has 0 saturated heterocycles. The lowest BCUT2D eigenvalue weighted by molar-refractivity contribution is 0.0447. The molecule has 0 heterocycles. The number of hydrogen-bond donors (Lipinski definition) is 0. The molecule has 0 bridgehead atoms. The molecule has 1 atom stereocenters. The summed E-state index contributed by atoms with van der Waals surface area (Å²) in [6.45, 7) is 7.18. The van der Waals surface area contributed by atoms with E-state index in [4.69, 9.17) is 25.8 Å². The molecule has 5 nitrogen and oxygen atoms in total. The second kappa shape index (κ2) is 16.0. The minimum Gasteiger partial charge on any atom is -0.494 e. The van der Waals surface area contributed by atoms with Crippen LogP contribution < -0.4 is 9.47 Å². The van der Waals surface area contributed by atoms with Gasteiger partial charge in [-0.2, -0.15) is 0 Å². The van der Waals surface area contributed by atoms with Crippen molar-refractivity contribution in [2.24, 2.45) is 5.92 Å². The maximum atomic E-state index is 14.9. The van der Waals surface area contributed by atoms with Crippen LogP contribution >= 0.6 is 11.6 Å². The first-order valence-electron chi connectivity index (χ1n) is 14.0. The lowest BCUT2D eigenvalue weighted by atomic mass is 10.0. The van der Waals surface area contributed by atoms with Gasteiger partial charge < -0.3 is 14.2 Å². The highest BCUT2D eigenvalue weighted by atomic mass is 35.5. The minimum absolute atomic E-state index is 0.0187. The fourth-order valence-corrected chi connectivity index (χ4v) is 4.18. The maximum absolute atomic E-state index is 14.9. The topological polar surface area (TPSA) is 61.8 Å². The fourth-order valence-electron chi connectivity index (χ4n) is 3.96. The number of rotatable bonds is 15. The van der Waals surface area contributed by atoms with Crippen molar-refractivity contribution in [2.45, 2.75) is 65.7 Å². The molecule has 0 amide bonds. The zero-order chi connectivity index (χ0) is 28.9. The summed E-state index contributed by atoms with van der Waals surface area (Å²) in [4.78, 5) is 24.9. The third kappa shape index (κ3) is 9.37. The average Bonchev–Trinajstić information content (AvgIpc) is 2.96. The Labute approximate surface area is 241 Å². The number of carbonyl (C=O) groups excluding carboxylic acids is 2. The van der Waals surface area contributed by atoms with Crippen LogP contribution in [0.5, 0.6) is 11.5 Å². The highest BCUT2D eigenvalue weighted by Crippen LogP contribution is 2.29. The van der Waals surface area contributed by atoms with Crippen molar-refractivity contribution in [3.05, 3.63) is 82.6 Å². The van der Waals surface area contributed by atoms with Gasteiger partial charge >= 0.3 is 11.9 Å². The Hall–Kier alpha value is -3.38. The normalized spacial score (nSPS) is 11.6. The highest BCUT2D eigenvalue weighted by molar-refractivity contribution is 6.32. The Kier molecular flexibility index (Phi) is 12.5. The molecule has 0 aliphatic carbocycles. The molecule has 0 spiro atoms. The van der Waals surface area contributed by atoms with Crippen molar-refractivity contribution in [3.8, 4) is 22.6 Å². The number of halogens is 2. The van der Waals surface area contributed by atoms with E-state index < -0.39 is 17.8 Å². The van der Waals surface area contributed by atoms with Crippen LogP contribution in [0.4, 0.5) is 4.39 Å². The number of unbranched alkanes of at least 4 members (excludes halogenated alkanes) is 5. The summed E-state index contributed by atoms with van der Waals surface area (Å²) >= 11 is 6.23. The van der Waals surface area contributed by atoms with Crippen molar-refractivity contribution < 1.29 is 28.2 Å². The average molecular weight is 569 g/mol. The summed E-state index contributed by atoms with van der Waals surface area (Å²) in [5.41, 5.74) is 1.43. The van der Waals surface area contributed by atoms with E-state index in [-0.39, 0.29) is 27.8 Å². The van der Waals surface area contributed by atoms with Crippen LogP contribution in [0, 0.1) is 11.7 Å². The van der Waals surface area contributed by atoms with Crippen molar-refractivity contribution in [1.82, 2.24) is 0 Å². The number of carbonyl (C=O) groups is 2. The first-order valence-corrected chi connectivity index (χ1v) is 14.4.